The third-order valence-electron chi connectivity index (χ3n) is 2.27. The summed E-state index contributed by atoms with van der Waals surface area (Å²) in [4.78, 5) is 27.3. The first-order valence-corrected chi connectivity index (χ1v) is 5.44. The summed E-state index contributed by atoms with van der Waals surface area (Å²) in [6, 6.07) is 9.23. The summed E-state index contributed by atoms with van der Waals surface area (Å²) in [7, 11) is 0. The molecule has 0 radical (unpaired) electrons. The van der Waals surface area contributed by atoms with E-state index in [0.29, 0.717) is 0 Å². The zero-order valence-electron chi connectivity index (χ0n) is 9.83. The number of benzene rings is 1. The lowest BCUT2D eigenvalue weighted by molar-refractivity contribution is -0.152. The fraction of sp³-hybridized carbons (Fsp3) is 0.231. The number of amides is 1. The number of carbonyl (C=O) groups excluding carboxylic acids is 1. The van der Waals surface area contributed by atoms with Crippen LogP contribution in [0, 0.1) is 5.92 Å². The van der Waals surface area contributed by atoms with Crippen molar-refractivity contribution in [3.05, 3.63) is 48.6 Å². The molecule has 0 heterocycles. The minimum atomic E-state index is -1.20. The highest BCUT2D eigenvalue weighted by Gasteiger charge is 2.24. The molecule has 0 aliphatic rings. The molecule has 5 heteroatoms. The van der Waals surface area contributed by atoms with Crippen LogP contribution in [-0.4, -0.2) is 17.0 Å². The highest BCUT2D eigenvalue weighted by Crippen LogP contribution is 2.05. The lowest BCUT2D eigenvalue weighted by Gasteiger charge is -2.10. The second-order valence-electron chi connectivity index (χ2n) is 3.66. The number of hydrogen-bond donors (Lipinski definition) is 2. The number of aliphatic carboxylic acids is 1. The molecule has 0 saturated carbocycles. The SMILES string of the molecule is C=CC[C@@H](C(=O)O)C(=O)NOCc1ccccc1. The van der Waals surface area contributed by atoms with Crippen molar-refractivity contribution in [2.24, 2.45) is 5.92 Å². The van der Waals surface area contributed by atoms with Crippen LogP contribution in [0.25, 0.3) is 0 Å². The Bertz CT molecular complexity index is 416. The van der Waals surface area contributed by atoms with Crippen molar-refractivity contribution in [3.63, 3.8) is 0 Å². The summed E-state index contributed by atoms with van der Waals surface area (Å²) < 4.78 is 0. The van der Waals surface area contributed by atoms with Crippen molar-refractivity contribution in [1.82, 2.24) is 5.48 Å². The van der Waals surface area contributed by atoms with Crippen LogP contribution in [0.4, 0.5) is 0 Å². The molecular formula is C13H15NO4. The second-order valence-corrected chi connectivity index (χ2v) is 3.66. The number of carboxylic acids is 1. The van der Waals surface area contributed by atoms with Gasteiger partial charge >= 0.3 is 5.97 Å². The molecule has 0 aromatic heterocycles. The molecule has 1 rings (SSSR count). The van der Waals surface area contributed by atoms with Crippen molar-refractivity contribution in [3.8, 4) is 0 Å². The van der Waals surface area contributed by atoms with Gasteiger partial charge in [0.25, 0.3) is 5.91 Å². The predicted molar refractivity (Wildman–Crippen MR) is 65.3 cm³/mol. The summed E-state index contributed by atoms with van der Waals surface area (Å²) in [5, 5.41) is 8.83. The first kappa shape index (κ1) is 13.9. The molecule has 0 saturated heterocycles. The predicted octanol–water partition coefficient (Wildman–Crippen LogP) is 1.51. The molecule has 1 atom stereocenters. The largest absolute Gasteiger partial charge is 0.481 e. The summed E-state index contributed by atoms with van der Waals surface area (Å²) in [6.07, 6.45) is 1.45. The van der Waals surface area contributed by atoms with Gasteiger partial charge in [-0.3, -0.25) is 14.4 Å². The summed E-state index contributed by atoms with van der Waals surface area (Å²) in [5.74, 6) is -3.05. The van der Waals surface area contributed by atoms with Gasteiger partial charge in [0.2, 0.25) is 0 Å². The van der Waals surface area contributed by atoms with Crippen LogP contribution in [0.15, 0.2) is 43.0 Å². The van der Waals surface area contributed by atoms with Crippen molar-refractivity contribution < 1.29 is 19.5 Å². The summed E-state index contributed by atoms with van der Waals surface area (Å²) >= 11 is 0. The summed E-state index contributed by atoms with van der Waals surface area (Å²) in [5.41, 5.74) is 3.01. The smallest absolute Gasteiger partial charge is 0.316 e. The van der Waals surface area contributed by atoms with E-state index < -0.39 is 17.8 Å². The Kier molecular flexibility index (Phi) is 5.60. The molecule has 0 aliphatic carbocycles. The molecule has 0 fully saturated rings. The number of carboxylic acid groups (broad SMARTS) is 1. The van der Waals surface area contributed by atoms with E-state index in [2.05, 4.69) is 12.1 Å². The maximum atomic E-state index is 11.5. The van der Waals surface area contributed by atoms with Gasteiger partial charge in [-0.1, -0.05) is 36.4 Å². The Morgan fingerprint density at radius 2 is 2.06 bits per heavy atom. The Balaban J connectivity index is 2.40. The Morgan fingerprint density at radius 3 is 2.61 bits per heavy atom. The van der Waals surface area contributed by atoms with Crippen molar-refractivity contribution in [2.45, 2.75) is 13.0 Å². The quantitative estimate of drug-likeness (QED) is 0.436. The number of hydroxylamine groups is 1. The van der Waals surface area contributed by atoms with Crippen LogP contribution in [-0.2, 0) is 21.0 Å². The molecule has 1 aromatic carbocycles. The Labute approximate surface area is 105 Å². The normalized spacial score (nSPS) is 11.6. The van der Waals surface area contributed by atoms with Crippen LogP contribution in [0.2, 0.25) is 0 Å². The van der Waals surface area contributed by atoms with Crippen molar-refractivity contribution in [1.29, 1.82) is 0 Å². The molecule has 0 bridgehead atoms. The van der Waals surface area contributed by atoms with Gasteiger partial charge < -0.3 is 5.11 Å². The molecule has 96 valence electrons. The van der Waals surface area contributed by atoms with Gasteiger partial charge in [-0.05, 0) is 12.0 Å². The molecule has 2 N–H and O–H groups in total. The maximum absolute atomic E-state index is 11.5. The van der Waals surface area contributed by atoms with Gasteiger partial charge in [0.05, 0.1) is 6.61 Å². The molecule has 1 aromatic rings. The highest BCUT2D eigenvalue weighted by molar-refractivity contribution is 5.96. The fourth-order valence-corrected chi connectivity index (χ4v) is 1.32. The Morgan fingerprint density at radius 1 is 1.39 bits per heavy atom. The van der Waals surface area contributed by atoms with E-state index in [-0.39, 0.29) is 13.0 Å². The van der Waals surface area contributed by atoms with Crippen LogP contribution >= 0.6 is 0 Å². The lowest BCUT2D eigenvalue weighted by atomic mass is 10.1. The number of carbonyl (C=O) groups is 2. The maximum Gasteiger partial charge on any atom is 0.316 e. The molecule has 18 heavy (non-hydrogen) atoms. The van der Waals surface area contributed by atoms with E-state index in [1.165, 1.54) is 6.08 Å². The molecule has 0 unspecified atom stereocenters. The van der Waals surface area contributed by atoms with Crippen LogP contribution in [0.3, 0.4) is 0 Å². The topological polar surface area (TPSA) is 75.6 Å². The van der Waals surface area contributed by atoms with Crippen molar-refractivity contribution in [2.75, 3.05) is 0 Å². The number of nitrogens with one attached hydrogen (secondary N) is 1. The van der Waals surface area contributed by atoms with Gasteiger partial charge in [-0.15, -0.1) is 6.58 Å². The van der Waals surface area contributed by atoms with Gasteiger partial charge in [0.1, 0.15) is 5.92 Å². The van der Waals surface area contributed by atoms with Crippen LogP contribution < -0.4 is 5.48 Å². The van der Waals surface area contributed by atoms with Gasteiger partial charge in [-0.25, -0.2) is 5.48 Å². The minimum Gasteiger partial charge on any atom is -0.481 e. The molecule has 1 amide bonds. The first-order valence-electron chi connectivity index (χ1n) is 5.44. The van der Waals surface area contributed by atoms with Crippen LogP contribution in [0.1, 0.15) is 12.0 Å². The molecule has 0 aliphatic heterocycles. The average Bonchev–Trinajstić information content (AvgIpc) is 2.36. The number of allylic oxidation sites excluding steroid dienone is 1. The average molecular weight is 249 g/mol. The van der Waals surface area contributed by atoms with E-state index in [1.807, 2.05) is 30.3 Å². The lowest BCUT2D eigenvalue weighted by Crippen LogP contribution is -2.35. The van der Waals surface area contributed by atoms with E-state index in [9.17, 15) is 9.59 Å². The zero-order valence-corrected chi connectivity index (χ0v) is 9.83. The van der Waals surface area contributed by atoms with Gasteiger partial charge in [-0.2, -0.15) is 0 Å². The van der Waals surface area contributed by atoms with Crippen molar-refractivity contribution >= 4 is 11.9 Å². The van der Waals surface area contributed by atoms with Crippen LogP contribution in [0.5, 0.6) is 0 Å². The zero-order chi connectivity index (χ0) is 13.4. The van der Waals surface area contributed by atoms with E-state index in [0.717, 1.165) is 5.56 Å². The third-order valence-corrected chi connectivity index (χ3v) is 2.27. The Hall–Kier alpha value is -2.14. The molecule has 0 spiro atoms. The molecule has 5 nitrogen and oxygen atoms in total. The first-order chi connectivity index (χ1) is 8.65. The molecular weight excluding hydrogens is 234 g/mol. The third kappa shape index (κ3) is 4.39. The fourth-order valence-electron chi connectivity index (χ4n) is 1.32. The second kappa shape index (κ2) is 7.24. The van der Waals surface area contributed by atoms with E-state index in [4.69, 9.17) is 9.94 Å². The number of hydrogen-bond acceptors (Lipinski definition) is 3. The van der Waals surface area contributed by atoms with E-state index >= 15 is 0 Å². The monoisotopic (exact) mass is 249 g/mol. The van der Waals surface area contributed by atoms with Gasteiger partial charge in [0, 0.05) is 0 Å². The van der Waals surface area contributed by atoms with E-state index in [1.54, 1.807) is 0 Å². The highest BCUT2D eigenvalue weighted by atomic mass is 16.6. The summed E-state index contributed by atoms with van der Waals surface area (Å²) in [6.45, 7) is 3.60. The van der Waals surface area contributed by atoms with Gasteiger partial charge in [0.15, 0.2) is 0 Å². The minimum absolute atomic E-state index is 0.0653. The standard InChI is InChI=1S/C13H15NO4/c1-2-6-11(13(16)17)12(15)14-18-9-10-7-4-3-5-8-10/h2-5,7-8,11H,1,6,9H2,(H,14,15)(H,16,17)/t11-/m1/s1. The number of rotatable bonds is 7.